The van der Waals surface area contributed by atoms with E-state index in [1.54, 1.807) is 15.9 Å². The van der Waals surface area contributed by atoms with Crippen LogP contribution in [-0.2, 0) is 16.1 Å². The number of amides is 4. The first-order valence-corrected chi connectivity index (χ1v) is 13.1. The second-order valence-electron chi connectivity index (χ2n) is 10.5. The van der Waals surface area contributed by atoms with Crippen molar-refractivity contribution in [1.82, 2.24) is 25.6 Å². The summed E-state index contributed by atoms with van der Waals surface area (Å²) in [6.45, 7) is 3.76. The zero-order valence-corrected chi connectivity index (χ0v) is 20.9. The maximum atomic E-state index is 14.5. The van der Waals surface area contributed by atoms with Crippen molar-refractivity contribution in [3.63, 3.8) is 0 Å². The van der Waals surface area contributed by atoms with Gasteiger partial charge in [0.05, 0.1) is 12.5 Å². The molecular weight excluding hydrogens is 473 g/mol. The van der Waals surface area contributed by atoms with Crippen LogP contribution in [0.3, 0.4) is 0 Å². The van der Waals surface area contributed by atoms with Gasteiger partial charge in [-0.05, 0) is 58.1 Å². The Morgan fingerprint density at radius 1 is 1.20 bits per heavy atom. The minimum absolute atomic E-state index is 0.00743. The lowest BCUT2D eigenvalue weighted by molar-refractivity contribution is -0.162. The highest BCUT2D eigenvalue weighted by Crippen LogP contribution is 2.41. The third-order valence-electron chi connectivity index (χ3n) is 8.00. The van der Waals surface area contributed by atoms with Crippen molar-refractivity contribution in [1.29, 1.82) is 0 Å². The number of fused-ring (bicyclic) bond motifs is 3. The highest BCUT2D eigenvalue weighted by Gasteiger charge is 2.56. The largest absolute Gasteiger partial charge is 0.353 e. The fourth-order valence-electron chi connectivity index (χ4n) is 6.19. The van der Waals surface area contributed by atoms with E-state index in [1.807, 2.05) is 13.8 Å². The number of benzene rings is 1. The molecule has 2 saturated heterocycles. The number of urea groups is 1. The molecule has 2 saturated carbocycles. The SMILES string of the molecule is CC(C)N1C(=O)C2CCC(C(=O)NC3CCCC3)CC2N2C(=O)N(Cc3c(F)cccc3Cl)NC12. The molecule has 0 spiro atoms. The lowest BCUT2D eigenvalue weighted by Gasteiger charge is -2.51. The fraction of sp³-hybridized carbons (Fsp3) is 0.640. The molecular formula is C25H33ClFN5O3. The molecule has 190 valence electrons. The van der Waals surface area contributed by atoms with Gasteiger partial charge in [-0.15, -0.1) is 0 Å². The molecule has 2 heterocycles. The summed E-state index contributed by atoms with van der Waals surface area (Å²) in [6, 6.07) is 3.78. The van der Waals surface area contributed by atoms with Gasteiger partial charge in [0.1, 0.15) is 5.82 Å². The van der Waals surface area contributed by atoms with Crippen LogP contribution in [0.2, 0.25) is 5.02 Å². The van der Waals surface area contributed by atoms with E-state index in [0.717, 1.165) is 25.7 Å². The first kappa shape index (κ1) is 24.3. The Morgan fingerprint density at radius 2 is 1.94 bits per heavy atom. The molecule has 5 rings (SSSR count). The van der Waals surface area contributed by atoms with Crippen LogP contribution < -0.4 is 10.7 Å². The number of rotatable bonds is 5. The highest BCUT2D eigenvalue weighted by atomic mass is 35.5. The van der Waals surface area contributed by atoms with Crippen molar-refractivity contribution < 1.29 is 18.8 Å². The quantitative estimate of drug-likeness (QED) is 0.640. The number of hydrogen-bond acceptors (Lipinski definition) is 4. The summed E-state index contributed by atoms with van der Waals surface area (Å²) in [4.78, 5) is 43.6. The number of halogens is 2. The van der Waals surface area contributed by atoms with Crippen molar-refractivity contribution >= 4 is 29.4 Å². The van der Waals surface area contributed by atoms with Gasteiger partial charge < -0.3 is 10.2 Å². The summed E-state index contributed by atoms with van der Waals surface area (Å²) in [6.07, 6.45) is 5.25. The topological polar surface area (TPSA) is 85.0 Å². The second kappa shape index (κ2) is 9.58. The van der Waals surface area contributed by atoms with Crippen LogP contribution in [0.15, 0.2) is 18.2 Å². The van der Waals surface area contributed by atoms with Crippen LogP contribution in [0.4, 0.5) is 9.18 Å². The van der Waals surface area contributed by atoms with Gasteiger partial charge >= 0.3 is 6.03 Å². The van der Waals surface area contributed by atoms with E-state index in [0.29, 0.717) is 19.3 Å². The maximum Gasteiger partial charge on any atom is 0.337 e. The summed E-state index contributed by atoms with van der Waals surface area (Å²) in [5.74, 6) is -1.06. The zero-order valence-electron chi connectivity index (χ0n) is 20.2. The van der Waals surface area contributed by atoms with Crippen LogP contribution in [0.25, 0.3) is 0 Å². The Balaban J connectivity index is 1.39. The van der Waals surface area contributed by atoms with Gasteiger partial charge in [0, 0.05) is 34.6 Å². The summed E-state index contributed by atoms with van der Waals surface area (Å²) in [5, 5.41) is 4.76. The van der Waals surface area contributed by atoms with E-state index in [2.05, 4.69) is 10.7 Å². The number of hydrazine groups is 1. The molecule has 4 atom stereocenters. The number of hydrogen-bond donors (Lipinski definition) is 2. The van der Waals surface area contributed by atoms with E-state index in [9.17, 15) is 18.8 Å². The highest BCUT2D eigenvalue weighted by molar-refractivity contribution is 6.31. The van der Waals surface area contributed by atoms with Gasteiger partial charge in [-0.3, -0.25) is 19.5 Å². The number of carbonyl (C=O) groups excluding carboxylic acids is 3. The van der Waals surface area contributed by atoms with Crippen LogP contribution in [0.5, 0.6) is 0 Å². The Hall–Kier alpha value is -2.39. The third kappa shape index (κ3) is 4.37. The van der Waals surface area contributed by atoms with Crippen molar-refractivity contribution in [2.45, 2.75) is 89.8 Å². The summed E-state index contributed by atoms with van der Waals surface area (Å²) >= 11 is 6.22. The van der Waals surface area contributed by atoms with Gasteiger partial charge in [0.2, 0.25) is 11.8 Å². The number of nitrogens with one attached hydrogen (secondary N) is 2. The molecule has 4 aliphatic rings. The molecule has 0 radical (unpaired) electrons. The van der Waals surface area contributed by atoms with Crippen LogP contribution in [-0.4, -0.2) is 57.1 Å². The normalized spacial score (nSPS) is 29.1. The van der Waals surface area contributed by atoms with Gasteiger partial charge in [-0.1, -0.05) is 30.5 Å². The second-order valence-corrected chi connectivity index (χ2v) is 10.9. The average Bonchev–Trinajstić information content (AvgIpc) is 3.44. The molecule has 2 aliphatic heterocycles. The number of carbonyl (C=O) groups is 3. The Morgan fingerprint density at radius 3 is 2.63 bits per heavy atom. The van der Waals surface area contributed by atoms with Gasteiger partial charge in [0.15, 0.2) is 6.29 Å². The molecule has 4 unspecified atom stereocenters. The standard InChI is InChI=1S/C25H33ClFN5O3/c1-14(2)31-23(34)17-11-10-15(22(33)28-16-6-3-4-7-16)12-21(17)32-24(31)29-30(25(32)35)13-18-19(26)8-5-9-20(18)27/h5,8-9,14-17,21,24,29H,3-4,6-7,10-13H2,1-2H3,(H,28,33). The molecule has 4 fully saturated rings. The zero-order chi connectivity index (χ0) is 24.9. The van der Waals surface area contributed by atoms with E-state index in [4.69, 9.17) is 11.6 Å². The summed E-state index contributed by atoms with van der Waals surface area (Å²) in [7, 11) is 0. The van der Waals surface area contributed by atoms with E-state index in [1.165, 1.54) is 17.1 Å². The average molecular weight is 506 g/mol. The van der Waals surface area contributed by atoms with Crippen molar-refractivity contribution in [3.05, 3.63) is 34.6 Å². The molecule has 8 nitrogen and oxygen atoms in total. The van der Waals surface area contributed by atoms with Crippen molar-refractivity contribution in [3.8, 4) is 0 Å². The summed E-state index contributed by atoms with van der Waals surface area (Å²) < 4.78 is 14.5. The van der Waals surface area contributed by atoms with E-state index in [-0.39, 0.29) is 58.9 Å². The predicted molar refractivity (Wildman–Crippen MR) is 128 cm³/mol. The predicted octanol–water partition coefficient (Wildman–Crippen LogP) is 3.60. The Bertz CT molecular complexity index is 997. The minimum atomic E-state index is -0.682. The molecule has 35 heavy (non-hydrogen) atoms. The van der Waals surface area contributed by atoms with Gasteiger partial charge in [-0.2, -0.15) is 5.43 Å². The van der Waals surface area contributed by atoms with E-state index < -0.39 is 18.1 Å². The molecule has 0 bridgehead atoms. The molecule has 1 aromatic rings. The Kier molecular flexibility index (Phi) is 6.65. The van der Waals surface area contributed by atoms with Crippen LogP contribution in [0.1, 0.15) is 64.4 Å². The van der Waals surface area contributed by atoms with E-state index >= 15 is 0 Å². The smallest absolute Gasteiger partial charge is 0.337 e. The molecule has 4 amide bonds. The molecule has 1 aromatic carbocycles. The van der Waals surface area contributed by atoms with Crippen LogP contribution in [0, 0.1) is 17.7 Å². The third-order valence-corrected chi connectivity index (χ3v) is 8.36. The number of nitrogens with zero attached hydrogens (tertiary/aromatic N) is 3. The summed E-state index contributed by atoms with van der Waals surface area (Å²) in [5.41, 5.74) is 3.35. The van der Waals surface area contributed by atoms with Crippen molar-refractivity contribution in [2.24, 2.45) is 11.8 Å². The molecule has 0 aromatic heterocycles. The molecule has 10 heteroatoms. The Labute approximate surface area is 210 Å². The lowest BCUT2D eigenvalue weighted by atomic mass is 9.75. The lowest BCUT2D eigenvalue weighted by Crippen LogP contribution is -2.68. The van der Waals surface area contributed by atoms with Gasteiger partial charge in [-0.25, -0.2) is 9.18 Å². The van der Waals surface area contributed by atoms with Crippen LogP contribution >= 0.6 is 11.6 Å². The molecule has 2 N–H and O–H groups in total. The first-order chi connectivity index (χ1) is 16.8. The fourth-order valence-corrected chi connectivity index (χ4v) is 6.42. The first-order valence-electron chi connectivity index (χ1n) is 12.7. The van der Waals surface area contributed by atoms with Crippen molar-refractivity contribution in [2.75, 3.05) is 0 Å². The van der Waals surface area contributed by atoms with Gasteiger partial charge in [0.25, 0.3) is 0 Å². The minimum Gasteiger partial charge on any atom is -0.353 e. The maximum absolute atomic E-state index is 14.5. The molecule has 2 aliphatic carbocycles. The monoisotopic (exact) mass is 505 g/mol.